The standard InChI is InChI=1S/C31H50N4O5S.ClH/c1-3-4-21-35-28(36)27(24-30(38)16-8-6-9-17-30)32-29(37)31(35)18-22-34(23-19-31)20-10-5-7-11-25-12-14-26(15-13-25)33-41(2,39)40;/h12-15,27,33,38H,3-11,16-24H2,1-2H3,(H,32,37);1H/t27-;/m1./s1. The van der Waals surface area contributed by atoms with Crippen molar-refractivity contribution in [2.24, 2.45) is 0 Å². The highest BCUT2D eigenvalue weighted by Crippen LogP contribution is 2.37. The van der Waals surface area contributed by atoms with E-state index in [1.807, 2.05) is 17.0 Å². The van der Waals surface area contributed by atoms with Gasteiger partial charge >= 0.3 is 0 Å². The molecule has 1 spiro atoms. The number of sulfonamides is 1. The quantitative estimate of drug-likeness (QED) is 0.282. The molecule has 3 fully saturated rings. The summed E-state index contributed by atoms with van der Waals surface area (Å²) in [6.07, 6.45) is 13.3. The number of aliphatic hydroxyl groups is 1. The average Bonchev–Trinajstić information content (AvgIpc) is 2.93. The molecule has 9 nitrogen and oxygen atoms in total. The lowest BCUT2D eigenvalue weighted by molar-refractivity contribution is -0.163. The third-order valence-corrected chi connectivity index (χ3v) is 9.90. The minimum Gasteiger partial charge on any atom is -0.390 e. The maximum absolute atomic E-state index is 13.7. The summed E-state index contributed by atoms with van der Waals surface area (Å²) in [6.45, 7) is 5.28. The lowest BCUT2D eigenvalue weighted by atomic mass is 9.77. The molecular weight excluding hydrogens is 576 g/mol. The fraction of sp³-hybridized carbons (Fsp3) is 0.742. The fourth-order valence-electron chi connectivity index (χ4n) is 6.89. The Morgan fingerprint density at radius 2 is 1.62 bits per heavy atom. The summed E-state index contributed by atoms with van der Waals surface area (Å²) in [4.78, 5) is 31.7. The second-order valence-electron chi connectivity index (χ2n) is 12.6. The van der Waals surface area contributed by atoms with Gasteiger partial charge in [-0.1, -0.05) is 51.2 Å². The van der Waals surface area contributed by atoms with Crippen LogP contribution in [0.15, 0.2) is 24.3 Å². The highest BCUT2D eigenvalue weighted by Gasteiger charge is 2.54. The molecule has 1 aromatic carbocycles. The molecule has 0 aromatic heterocycles. The monoisotopic (exact) mass is 626 g/mol. The number of unbranched alkanes of at least 4 members (excludes halogenated alkanes) is 3. The first-order valence-corrected chi connectivity index (χ1v) is 17.6. The van der Waals surface area contributed by atoms with Gasteiger partial charge in [0.2, 0.25) is 21.8 Å². The van der Waals surface area contributed by atoms with Gasteiger partial charge in [0.15, 0.2) is 0 Å². The zero-order valence-corrected chi connectivity index (χ0v) is 27.0. The second-order valence-corrected chi connectivity index (χ2v) is 14.4. The zero-order valence-electron chi connectivity index (χ0n) is 25.4. The molecule has 4 rings (SSSR count). The first-order chi connectivity index (χ1) is 19.5. The normalized spacial score (nSPS) is 22.5. The highest BCUT2D eigenvalue weighted by molar-refractivity contribution is 7.92. The molecule has 1 aliphatic carbocycles. The number of nitrogens with one attached hydrogen (secondary N) is 2. The number of piperidine rings is 1. The second kappa shape index (κ2) is 15.2. The van der Waals surface area contributed by atoms with Crippen molar-refractivity contribution >= 4 is 39.9 Å². The van der Waals surface area contributed by atoms with Crippen molar-refractivity contribution in [2.75, 3.05) is 37.2 Å². The van der Waals surface area contributed by atoms with Gasteiger partial charge in [0.05, 0.1) is 11.9 Å². The van der Waals surface area contributed by atoms with Crippen LogP contribution < -0.4 is 10.0 Å². The van der Waals surface area contributed by atoms with E-state index in [1.54, 1.807) is 12.1 Å². The molecule has 11 heteroatoms. The summed E-state index contributed by atoms with van der Waals surface area (Å²) in [5.41, 5.74) is 0.150. The largest absolute Gasteiger partial charge is 0.390 e. The third kappa shape index (κ3) is 9.07. The number of hydrogen-bond donors (Lipinski definition) is 3. The number of piperazine rings is 1. The number of amides is 2. The number of hydrogen-bond acceptors (Lipinski definition) is 6. The van der Waals surface area contributed by atoms with E-state index in [9.17, 15) is 23.1 Å². The van der Waals surface area contributed by atoms with Crippen LogP contribution in [0.2, 0.25) is 0 Å². The number of nitrogens with zero attached hydrogens (tertiary/aromatic N) is 2. The minimum absolute atomic E-state index is 0. The number of benzene rings is 1. The Bertz CT molecular complexity index is 1130. The van der Waals surface area contributed by atoms with Crippen LogP contribution in [-0.2, 0) is 26.0 Å². The summed E-state index contributed by atoms with van der Waals surface area (Å²) in [5.74, 6) is -0.0411. The maximum Gasteiger partial charge on any atom is 0.246 e. The van der Waals surface area contributed by atoms with Gasteiger partial charge in [0.1, 0.15) is 11.6 Å². The first kappa shape index (κ1) is 34.6. The average molecular weight is 627 g/mol. The molecule has 1 atom stereocenters. The third-order valence-electron chi connectivity index (χ3n) is 9.29. The Labute approximate surface area is 258 Å². The molecule has 0 unspecified atom stereocenters. The number of likely N-dealkylation sites (tertiary alicyclic amines) is 1. The van der Waals surface area contributed by atoms with E-state index in [0.29, 0.717) is 44.3 Å². The smallest absolute Gasteiger partial charge is 0.246 e. The van der Waals surface area contributed by atoms with E-state index in [0.717, 1.165) is 83.7 Å². The van der Waals surface area contributed by atoms with Crippen molar-refractivity contribution in [3.8, 4) is 0 Å². The molecule has 2 aliphatic heterocycles. The molecule has 1 saturated carbocycles. The van der Waals surface area contributed by atoms with Gasteiger partial charge in [0.25, 0.3) is 0 Å². The van der Waals surface area contributed by atoms with Crippen LogP contribution in [0, 0.1) is 0 Å². The molecule has 0 radical (unpaired) electrons. The van der Waals surface area contributed by atoms with Gasteiger partial charge in [-0.15, -0.1) is 12.4 Å². The Hall–Kier alpha value is -1.88. The van der Waals surface area contributed by atoms with E-state index in [4.69, 9.17) is 0 Å². The van der Waals surface area contributed by atoms with Crippen molar-refractivity contribution in [1.82, 2.24) is 15.1 Å². The molecule has 2 saturated heterocycles. The molecule has 3 aliphatic rings. The van der Waals surface area contributed by atoms with Crippen LogP contribution in [-0.4, -0.2) is 84.8 Å². The Kier molecular flexibility index (Phi) is 12.5. The van der Waals surface area contributed by atoms with Gasteiger partial charge in [-0.3, -0.25) is 14.3 Å². The minimum atomic E-state index is -3.26. The van der Waals surface area contributed by atoms with E-state index < -0.39 is 27.2 Å². The fourth-order valence-corrected chi connectivity index (χ4v) is 7.45. The predicted octanol–water partition coefficient (Wildman–Crippen LogP) is 4.24. The lowest BCUT2D eigenvalue weighted by Crippen LogP contribution is -2.73. The summed E-state index contributed by atoms with van der Waals surface area (Å²) in [7, 11) is -3.26. The van der Waals surface area contributed by atoms with Crippen molar-refractivity contribution in [3.63, 3.8) is 0 Å². The molecule has 42 heavy (non-hydrogen) atoms. The number of carbonyl (C=O) groups is 2. The van der Waals surface area contributed by atoms with Crippen LogP contribution in [0.4, 0.5) is 5.69 Å². The first-order valence-electron chi connectivity index (χ1n) is 15.7. The SMILES string of the molecule is CCCCN1C(=O)[C@@H](CC2(O)CCCCC2)NC(=O)C12CCN(CCCCCc1ccc(NS(C)(=O)=O)cc1)CC2.Cl. The number of rotatable bonds is 13. The van der Waals surface area contributed by atoms with Crippen LogP contribution in [0.25, 0.3) is 0 Å². The molecule has 1 aromatic rings. The number of halogens is 1. The Morgan fingerprint density at radius 3 is 2.24 bits per heavy atom. The molecule has 3 N–H and O–H groups in total. The molecule has 238 valence electrons. The van der Waals surface area contributed by atoms with Crippen molar-refractivity contribution in [3.05, 3.63) is 29.8 Å². The molecule has 2 amide bonds. The predicted molar refractivity (Wildman–Crippen MR) is 169 cm³/mol. The summed E-state index contributed by atoms with van der Waals surface area (Å²) in [5, 5.41) is 14.2. The lowest BCUT2D eigenvalue weighted by Gasteiger charge is -2.52. The van der Waals surface area contributed by atoms with Gasteiger partial charge in [-0.25, -0.2) is 8.42 Å². The van der Waals surface area contributed by atoms with Crippen LogP contribution in [0.3, 0.4) is 0 Å². The number of carbonyl (C=O) groups excluding carboxylic acids is 2. The molecule has 0 bridgehead atoms. The summed E-state index contributed by atoms with van der Waals surface area (Å²) < 4.78 is 25.2. The van der Waals surface area contributed by atoms with E-state index >= 15 is 0 Å². The summed E-state index contributed by atoms with van der Waals surface area (Å²) >= 11 is 0. The van der Waals surface area contributed by atoms with Crippen molar-refractivity contribution < 1.29 is 23.1 Å². The Morgan fingerprint density at radius 1 is 0.952 bits per heavy atom. The summed E-state index contributed by atoms with van der Waals surface area (Å²) in [6, 6.07) is 6.92. The van der Waals surface area contributed by atoms with Gasteiger partial charge in [-0.05, 0) is 75.6 Å². The van der Waals surface area contributed by atoms with Gasteiger partial charge in [0, 0.05) is 31.7 Å². The molecule has 2 heterocycles. The van der Waals surface area contributed by atoms with E-state index in [-0.39, 0.29) is 24.2 Å². The van der Waals surface area contributed by atoms with E-state index in [1.165, 1.54) is 5.56 Å². The zero-order chi connectivity index (χ0) is 29.5. The highest BCUT2D eigenvalue weighted by atomic mass is 35.5. The number of aryl methyl sites for hydroxylation is 1. The molecular formula is C31H51ClN4O5S. The van der Waals surface area contributed by atoms with Crippen LogP contribution in [0.1, 0.15) is 96.0 Å². The topological polar surface area (TPSA) is 119 Å². The maximum atomic E-state index is 13.7. The van der Waals surface area contributed by atoms with Crippen molar-refractivity contribution in [1.29, 1.82) is 0 Å². The van der Waals surface area contributed by atoms with Gasteiger partial charge in [-0.2, -0.15) is 0 Å². The van der Waals surface area contributed by atoms with E-state index in [2.05, 4.69) is 21.9 Å². The van der Waals surface area contributed by atoms with Crippen LogP contribution >= 0.6 is 12.4 Å². The number of anilines is 1. The van der Waals surface area contributed by atoms with Crippen molar-refractivity contribution in [2.45, 2.75) is 114 Å². The Balaban J connectivity index is 0.00000484. The van der Waals surface area contributed by atoms with Crippen LogP contribution in [0.5, 0.6) is 0 Å². The van der Waals surface area contributed by atoms with Gasteiger partial charge < -0.3 is 20.2 Å².